The zero-order chi connectivity index (χ0) is 21.3. The molecular weight excluding hydrogens is 406 g/mol. The third-order valence-electron chi connectivity index (χ3n) is 6.25. The monoisotopic (exact) mass is 439 g/mol. The molecule has 3 aliphatic rings. The number of hydrogen-bond donors (Lipinski definition) is 3. The molecule has 1 amide bonds. The van der Waals surface area contributed by atoms with E-state index < -0.39 is 10.0 Å². The number of aromatic nitrogens is 1. The van der Waals surface area contributed by atoms with Crippen LogP contribution in [0.15, 0.2) is 10.6 Å². The maximum atomic E-state index is 12.7. The largest absolute Gasteiger partial charge is 0.360 e. The molecule has 4 atom stereocenters. The van der Waals surface area contributed by atoms with Gasteiger partial charge < -0.3 is 20.5 Å². The summed E-state index contributed by atoms with van der Waals surface area (Å²) in [6, 6.07) is 2.17. The minimum absolute atomic E-state index is 0.0123. The predicted molar refractivity (Wildman–Crippen MR) is 113 cm³/mol. The fourth-order valence-electron chi connectivity index (χ4n) is 4.51. The molecule has 3 N–H and O–H groups in total. The van der Waals surface area contributed by atoms with Crippen LogP contribution in [-0.2, 0) is 10.0 Å². The molecule has 0 aromatic carbocycles. The summed E-state index contributed by atoms with van der Waals surface area (Å²) in [7, 11) is -3.27. The van der Waals surface area contributed by atoms with E-state index in [-0.39, 0.29) is 35.8 Å². The van der Waals surface area contributed by atoms with Crippen molar-refractivity contribution >= 4 is 15.9 Å². The zero-order valence-corrected chi connectivity index (χ0v) is 18.6. The Kier molecular flexibility index (Phi) is 6.47. The molecule has 0 radical (unpaired) electrons. The SMILES string of the molecule is CC1CN(S(=O)(=O)CC[C@H]2C[C@@H](NC(=O)c3cc(C4CC4)on3)C[C@@H](C)N2)CCN1. The Morgan fingerprint density at radius 1 is 1.30 bits per heavy atom. The number of rotatable bonds is 7. The van der Waals surface area contributed by atoms with Crippen molar-refractivity contribution in [1.29, 1.82) is 0 Å². The third kappa shape index (κ3) is 5.40. The van der Waals surface area contributed by atoms with E-state index in [1.165, 1.54) is 0 Å². The molecule has 1 aromatic rings. The van der Waals surface area contributed by atoms with Crippen LogP contribution in [0.3, 0.4) is 0 Å². The van der Waals surface area contributed by atoms with Crippen molar-refractivity contribution in [2.45, 2.75) is 76.0 Å². The van der Waals surface area contributed by atoms with Gasteiger partial charge in [-0.3, -0.25) is 4.79 Å². The Morgan fingerprint density at radius 2 is 2.10 bits per heavy atom. The third-order valence-corrected chi connectivity index (χ3v) is 8.12. The maximum Gasteiger partial charge on any atom is 0.273 e. The fourth-order valence-corrected chi connectivity index (χ4v) is 6.17. The average Bonchev–Trinajstić information content (AvgIpc) is 3.42. The van der Waals surface area contributed by atoms with Crippen molar-refractivity contribution in [2.75, 3.05) is 25.4 Å². The van der Waals surface area contributed by atoms with Gasteiger partial charge in [-0.05, 0) is 46.0 Å². The highest BCUT2D eigenvalue weighted by Crippen LogP contribution is 2.40. The van der Waals surface area contributed by atoms with Crippen molar-refractivity contribution in [1.82, 2.24) is 25.4 Å². The summed E-state index contributed by atoms with van der Waals surface area (Å²) >= 11 is 0. The van der Waals surface area contributed by atoms with Crippen LogP contribution in [0.5, 0.6) is 0 Å². The number of piperidine rings is 1. The van der Waals surface area contributed by atoms with Crippen LogP contribution in [0.25, 0.3) is 0 Å². The van der Waals surface area contributed by atoms with Gasteiger partial charge in [0.15, 0.2) is 5.69 Å². The summed E-state index contributed by atoms with van der Waals surface area (Å²) in [5.41, 5.74) is 0.329. The minimum Gasteiger partial charge on any atom is -0.360 e. The van der Waals surface area contributed by atoms with Gasteiger partial charge in [0.2, 0.25) is 10.0 Å². The van der Waals surface area contributed by atoms with Crippen LogP contribution in [0.1, 0.15) is 68.1 Å². The molecule has 3 fully saturated rings. The van der Waals surface area contributed by atoms with Crippen molar-refractivity contribution in [3.8, 4) is 0 Å². The first-order valence-corrected chi connectivity index (χ1v) is 12.7. The van der Waals surface area contributed by atoms with Crippen LogP contribution in [0.4, 0.5) is 0 Å². The topological polar surface area (TPSA) is 117 Å². The lowest BCUT2D eigenvalue weighted by Gasteiger charge is -2.36. The van der Waals surface area contributed by atoms with Gasteiger partial charge in [-0.2, -0.15) is 4.31 Å². The maximum absolute atomic E-state index is 12.7. The molecule has 168 valence electrons. The van der Waals surface area contributed by atoms with Gasteiger partial charge in [-0.1, -0.05) is 5.16 Å². The molecule has 10 heteroatoms. The van der Waals surface area contributed by atoms with Crippen LogP contribution in [-0.4, -0.2) is 73.3 Å². The Hall–Kier alpha value is -1.49. The summed E-state index contributed by atoms with van der Waals surface area (Å²) in [4.78, 5) is 12.6. The summed E-state index contributed by atoms with van der Waals surface area (Å²) in [6.45, 7) is 5.81. The van der Waals surface area contributed by atoms with Crippen molar-refractivity contribution in [3.63, 3.8) is 0 Å². The quantitative estimate of drug-likeness (QED) is 0.575. The molecule has 2 saturated heterocycles. The van der Waals surface area contributed by atoms with Gasteiger partial charge in [0, 0.05) is 55.8 Å². The normalized spacial score (nSPS) is 30.9. The summed E-state index contributed by atoms with van der Waals surface area (Å²) in [5, 5.41) is 13.7. The number of sulfonamides is 1. The van der Waals surface area contributed by atoms with Crippen molar-refractivity contribution < 1.29 is 17.7 Å². The molecule has 1 aliphatic carbocycles. The van der Waals surface area contributed by atoms with Gasteiger partial charge in [0.1, 0.15) is 5.76 Å². The second-order valence-corrected chi connectivity index (χ2v) is 11.2. The lowest BCUT2D eigenvalue weighted by Crippen LogP contribution is -2.54. The van der Waals surface area contributed by atoms with Crippen molar-refractivity contribution in [3.05, 3.63) is 17.5 Å². The van der Waals surface area contributed by atoms with E-state index in [4.69, 9.17) is 4.52 Å². The molecule has 0 bridgehead atoms. The van der Waals surface area contributed by atoms with Crippen molar-refractivity contribution in [2.24, 2.45) is 0 Å². The van der Waals surface area contributed by atoms with E-state index in [1.54, 1.807) is 10.4 Å². The van der Waals surface area contributed by atoms with Crippen LogP contribution < -0.4 is 16.0 Å². The first kappa shape index (κ1) is 21.7. The standard InChI is InChI=1S/C20H33N5O4S/c1-13-9-17(23-20(26)18-11-19(29-24-18)15-3-4-15)10-16(22-13)5-8-30(27,28)25-7-6-21-14(2)12-25/h11,13-17,21-22H,3-10,12H2,1-2H3,(H,23,26)/t13-,14?,16+,17+/m1/s1. The summed E-state index contributed by atoms with van der Waals surface area (Å²) in [6.07, 6.45) is 4.24. The highest BCUT2D eigenvalue weighted by atomic mass is 32.2. The van der Waals surface area contributed by atoms with E-state index in [0.717, 1.165) is 25.0 Å². The molecular formula is C20H33N5O4S. The molecule has 1 aromatic heterocycles. The first-order chi connectivity index (χ1) is 14.3. The van der Waals surface area contributed by atoms with Gasteiger partial charge in [0.05, 0.1) is 5.75 Å². The van der Waals surface area contributed by atoms with E-state index in [2.05, 4.69) is 28.0 Å². The second-order valence-electron chi connectivity index (χ2n) is 9.11. The summed E-state index contributed by atoms with van der Waals surface area (Å²) < 4.78 is 32.4. The number of piperazine rings is 1. The van der Waals surface area contributed by atoms with E-state index in [1.807, 2.05) is 6.92 Å². The van der Waals surface area contributed by atoms with Crippen LogP contribution >= 0.6 is 0 Å². The zero-order valence-electron chi connectivity index (χ0n) is 17.8. The van der Waals surface area contributed by atoms with Gasteiger partial charge >= 0.3 is 0 Å². The Labute approximate surface area is 178 Å². The average molecular weight is 440 g/mol. The molecule has 9 nitrogen and oxygen atoms in total. The fraction of sp³-hybridized carbons (Fsp3) is 0.800. The second kappa shape index (κ2) is 8.94. The number of hydrogen-bond acceptors (Lipinski definition) is 7. The Bertz CT molecular complexity index is 853. The Morgan fingerprint density at radius 3 is 2.83 bits per heavy atom. The Balaban J connectivity index is 1.29. The highest BCUT2D eigenvalue weighted by Gasteiger charge is 2.32. The van der Waals surface area contributed by atoms with Gasteiger partial charge in [0.25, 0.3) is 5.91 Å². The molecule has 3 heterocycles. The molecule has 1 saturated carbocycles. The van der Waals surface area contributed by atoms with Gasteiger partial charge in [-0.15, -0.1) is 0 Å². The minimum atomic E-state index is -3.27. The summed E-state index contributed by atoms with van der Waals surface area (Å²) in [5.74, 6) is 1.12. The molecule has 30 heavy (non-hydrogen) atoms. The predicted octanol–water partition coefficient (Wildman–Crippen LogP) is 0.805. The molecule has 4 rings (SSSR count). The molecule has 1 unspecified atom stereocenters. The lowest BCUT2D eigenvalue weighted by atomic mass is 9.93. The highest BCUT2D eigenvalue weighted by molar-refractivity contribution is 7.89. The first-order valence-electron chi connectivity index (χ1n) is 11.0. The van der Waals surface area contributed by atoms with Gasteiger partial charge in [-0.25, -0.2) is 8.42 Å². The number of nitrogens with one attached hydrogen (secondary N) is 3. The number of carbonyl (C=O) groups excluding carboxylic acids is 1. The smallest absolute Gasteiger partial charge is 0.273 e. The van der Waals surface area contributed by atoms with E-state index >= 15 is 0 Å². The number of amides is 1. The van der Waals surface area contributed by atoms with Crippen LogP contribution in [0.2, 0.25) is 0 Å². The molecule has 2 aliphatic heterocycles. The van der Waals surface area contributed by atoms with E-state index in [0.29, 0.717) is 44.1 Å². The number of carbonyl (C=O) groups is 1. The molecule has 0 spiro atoms. The number of nitrogens with zero attached hydrogens (tertiary/aromatic N) is 2. The van der Waals surface area contributed by atoms with E-state index in [9.17, 15) is 13.2 Å². The lowest BCUT2D eigenvalue weighted by molar-refractivity contribution is 0.0909. The van der Waals surface area contributed by atoms with Crippen LogP contribution in [0, 0.1) is 0 Å².